The number of benzene rings is 1. The van der Waals surface area contributed by atoms with Gasteiger partial charge in [0.25, 0.3) is 5.78 Å². The molecule has 18 heavy (non-hydrogen) atoms. The Morgan fingerprint density at radius 1 is 1.17 bits per heavy atom. The summed E-state index contributed by atoms with van der Waals surface area (Å²) in [5.74, 6) is -1.28. The molecule has 0 aliphatic carbocycles. The Balaban J connectivity index is 1.95. The van der Waals surface area contributed by atoms with E-state index in [2.05, 4.69) is 10.9 Å². The zero-order chi connectivity index (χ0) is 13.0. The van der Waals surface area contributed by atoms with E-state index in [1.165, 1.54) is 11.3 Å². The van der Waals surface area contributed by atoms with E-state index in [9.17, 15) is 9.59 Å². The monoisotopic (exact) mass is 280 g/mol. The Morgan fingerprint density at radius 3 is 2.67 bits per heavy atom. The molecule has 1 aromatic heterocycles. The van der Waals surface area contributed by atoms with Crippen LogP contribution >= 0.6 is 22.9 Å². The van der Waals surface area contributed by atoms with Gasteiger partial charge in [-0.2, -0.15) is 0 Å². The molecule has 1 heterocycles. The van der Waals surface area contributed by atoms with E-state index in [1.54, 1.807) is 41.8 Å². The number of carbonyl (C=O) groups excluding carboxylic acids is 2. The zero-order valence-electron chi connectivity index (χ0n) is 9.14. The van der Waals surface area contributed by atoms with Crippen LogP contribution in [-0.4, -0.2) is 11.7 Å². The molecule has 2 N–H and O–H groups in total. The molecule has 0 spiro atoms. The van der Waals surface area contributed by atoms with Crippen LogP contribution in [0.15, 0.2) is 41.8 Å². The first kappa shape index (κ1) is 12.6. The van der Waals surface area contributed by atoms with Crippen molar-refractivity contribution in [1.29, 1.82) is 0 Å². The molecule has 0 radical (unpaired) electrons. The highest BCUT2D eigenvalue weighted by atomic mass is 35.5. The first-order chi connectivity index (χ1) is 8.66. The number of rotatable bonds is 4. The van der Waals surface area contributed by atoms with Crippen LogP contribution in [0.3, 0.4) is 0 Å². The lowest BCUT2D eigenvalue weighted by Gasteiger charge is -2.07. The average Bonchev–Trinajstić information content (AvgIpc) is 2.89. The van der Waals surface area contributed by atoms with E-state index in [-0.39, 0.29) is 0 Å². The van der Waals surface area contributed by atoms with Gasteiger partial charge in [-0.3, -0.25) is 20.4 Å². The number of halogens is 1. The Hall–Kier alpha value is -1.85. The number of hydrogen-bond donors (Lipinski definition) is 2. The molecule has 1 amide bonds. The average molecular weight is 281 g/mol. The van der Waals surface area contributed by atoms with Crippen molar-refractivity contribution in [2.75, 3.05) is 5.43 Å². The minimum atomic E-state index is -0.711. The standard InChI is InChI=1S/C12H9ClN2O2S/c13-8-3-1-4-9(7-8)14-15-12(17)11(16)10-5-2-6-18-10/h1-7,14H,(H,15,17). The summed E-state index contributed by atoms with van der Waals surface area (Å²) < 4.78 is 0. The predicted octanol–water partition coefficient (Wildman–Crippen LogP) is 2.73. The third-order valence-corrected chi connectivity index (χ3v) is 3.20. The van der Waals surface area contributed by atoms with Crippen LogP contribution in [-0.2, 0) is 4.79 Å². The van der Waals surface area contributed by atoms with Gasteiger partial charge in [0.1, 0.15) is 0 Å². The summed E-state index contributed by atoms with van der Waals surface area (Å²) in [6, 6.07) is 10.1. The Morgan fingerprint density at radius 2 is 2.00 bits per heavy atom. The topological polar surface area (TPSA) is 58.2 Å². The number of hydrazine groups is 1. The van der Waals surface area contributed by atoms with Crippen LogP contribution < -0.4 is 10.9 Å². The predicted molar refractivity (Wildman–Crippen MR) is 71.9 cm³/mol. The SMILES string of the molecule is O=C(NNc1cccc(Cl)c1)C(=O)c1cccs1. The molecule has 2 aromatic rings. The van der Waals surface area contributed by atoms with Crippen molar-refractivity contribution in [3.63, 3.8) is 0 Å². The molecule has 92 valence electrons. The van der Waals surface area contributed by atoms with Gasteiger partial charge >= 0.3 is 5.91 Å². The van der Waals surface area contributed by atoms with E-state index in [0.717, 1.165) is 0 Å². The van der Waals surface area contributed by atoms with E-state index in [4.69, 9.17) is 11.6 Å². The normalized spacial score (nSPS) is 9.83. The quantitative estimate of drug-likeness (QED) is 0.514. The van der Waals surface area contributed by atoms with Crippen LogP contribution in [0.5, 0.6) is 0 Å². The molecule has 0 aliphatic heterocycles. The number of hydrogen-bond acceptors (Lipinski definition) is 4. The second kappa shape index (κ2) is 5.66. The molecule has 0 aliphatic rings. The molecule has 2 rings (SSSR count). The molecule has 6 heteroatoms. The minimum absolute atomic E-state index is 0.403. The third kappa shape index (κ3) is 3.09. The lowest BCUT2D eigenvalue weighted by Crippen LogP contribution is -2.35. The molecule has 0 saturated carbocycles. The molecule has 0 atom stereocenters. The summed E-state index contributed by atoms with van der Waals surface area (Å²) in [7, 11) is 0. The van der Waals surface area contributed by atoms with Crippen LogP contribution in [0.4, 0.5) is 5.69 Å². The van der Waals surface area contributed by atoms with Crippen molar-refractivity contribution < 1.29 is 9.59 Å². The summed E-state index contributed by atoms with van der Waals surface area (Å²) in [5, 5.41) is 2.28. The molecule has 1 aromatic carbocycles. The minimum Gasteiger partial charge on any atom is -0.298 e. The first-order valence-electron chi connectivity index (χ1n) is 5.06. The third-order valence-electron chi connectivity index (χ3n) is 2.10. The van der Waals surface area contributed by atoms with Crippen LogP contribution in [0, 0.1) is 0 Å². The van der Waals surface area contributed by atoms with Gasteiger partial charge in [-0.15, -0.1) is 11.3 Å². The molecule has 4 nitrogen and oxygen atoms in total. The van der Waals surface area contributed by atoms with Crippen molar-refractivity contribution in [1.82, 2.24) is 5.43 Å². The van der Waals surface area contributed by atoms with Gasteiger partial charge in [0, 0.05) is 5.02 Å². The number of ketones is 1. The molecule has 0 fully saturated rings. The van der Waals surface area contributed by atoms with Gasteiger partial charge in [-0.1, -0.05) is 23.7 Å². The fourth-order valence-corrected chi connectivity index (χ4v) is 2.12. The van der Waals surface area contributed by atoms with Crippen LogP contribution in [0.1, 0.15) is 9.67 Å². The number of amides is 1. The van der Waals surface area contributed by atoms with Crippen molar-refractivity contribution in [3.8, 4) is 0 Å². The van der Waals surface area contributed by atoms with E-state index < -0.39 is 11.7 Å². The van der Waals surface area contributed by atoms with Crippen molar-refractivity contribution in [2.45, 2.75) is 0 Å². The Labute approximate surface area is 113 Å². The van der Waals surface area contributed by atoms with E-state index >= 15 is 0 Å². The second-order valence-electron chi connectivity index (χ2n) is 3.40. The maximum absolute atomic E-state index is 11.6. The summed E-state index contributed by atoms with van der Waals surface area (Å²) >= 11 is 7.01. The molecule has 0 unspecified atom stereocenters. The largest absolute Gasteiger partial charge is 0.311 e. The lowest BCUT2D eigenvalue weighted by atomic mass is 10.3. The van der Waals surface area contributed by atoms with Crippen LogP contribution in [0.2, 0.25) is 5.02 Å². The lowest BCUT2D eigenvalue weighted by molar-refractivity contribution is -0.116. The van der Waals surface area contributed by atoms with E-state index in [1.807, 2.05) is 0 Å². The van der Waals surface area contributed by atoms with Crippen molar-refractivity contribution >= 4 is 40.3 Å². The smallest absolute Gasteiger partial charge is 0.298 e. The number of anilines is 1. The summed E-state index contributed by atoms with van der Waals surface area (Å²) in [5.41, 5.74) is 5.56. The molecule has 0 saturated heterocycles. The van der Waals surface area contributed by atoms with Crippen LogP contribution in [0.25, 0.3) is 0 Å². The summed E-state index contributed by atoms with van der Waals surface area (Å²) in [4.78, 5) is 23.6. The summed E-state index contributed by atoms with van der Waals surface area (Å²) in [6.07, 6.45) is 0. The zero-order valence-corrected chi connectivity index (χ0v) is 10.7. The summed E-state index contributed by atoms with van der Waals surface area (Å²) in [6.45, 7) is 0. The highest BCUT2D eigenvalue weighted by Crippen LogP contribution is 2.14. The maximum atomic E-state index is 11.6. The van der Waals surface area contributed by atoms with Gasteiger partial charge in [0.15, 0.2) is 0 Å². The van der Waals surface area contributed by atoms with Gasteiger partial charge in [-0.25, -0.2) is 0 Å². The maximum Gasteiger partial charge on any atom is 0.311 e. The van der Waals surface area contributed by atoms with Gasteiger partial charge < -0.3 is 0 Å². The van der Waals surface area contributed by atoms with E-state index in [0.29, 0.717) is 15.6 Å². The Kier molecular flexibility index (Phi) is 3.96. The highest BCUT2D eigenvalue weighted by Gasteiger charge is 2.16. The Bertz CT molecular complexity index is 569. The molecule has 0 bridgehead atoms. The number of carbonyl (C=O) groups is 2. The second-order valence-corrected chi connectivity index (χ2v) is 4.78. The number of thiophene rings is 1. The van der Waals surface area contributed by atoms with Gasteiger partial charge in [0.05, 0.1) is 10.6 Å². The molecular formula is C12H9ClN2O2S. The fourth-order valence-electron chi connectivity index (χ4n) is 1.27. The fraction of sp³-hybridized carbons (Fsp3) is 0. The van der Waals surface area contributed by atoms with Crippen molar-refractivity contribution in [2.24, 2.45) is 0 Å². The first-order valence-corrected chi connectivity index (χ1v) is 6.32. The van der Waals surface area contributed by atoms with Crippen molar-refractivity contribution in [3.05, 3.63) is 51.7 Å². The van der Waals surface area contributed by atoms with Gasteiger partial charge in [0.2, 0.25) is 0 Å². The molecular weight excluding hydrogens is 272 g/mol. The number of nitrogens with one attached hydrogen (secondary N) is 2. The number of Topliss-reactive ketones (excluding diaryl/α,β-unsaturated/α-hetero) is 1. The van der Waals surface area contributed by atoms with Gasteiger partial charge in [-0.05, 0) is 29.6 Å². The highest BCUT2D eigenvalue weighted by molar-refractivity contribution is 7.13.